The molecule has 2 saturated heterocycles. The molecule has 122 valence electrons. The summed E-state index contributed by atoms with van der Waals surface area (Å²) in [5.74, 6) is 0. The van der Waals surface area contributed by atoms with Gasteiger partial charge in [-0.2, -0.15) is 5.10 Å². The molecule has 3 heterocycles. The molecule has 2 bridgehead atoms. The van der Waals surface area contributed by atoms with Crippen molar-refractivity contribution in [1.29, 1.82) is 0 Å². The van der Waals surface area contributed by atoms with Gasteiger partial charge in [-0.15, -0.1) is 0 Å². The van der Waals surface area contributed by atoms with Crippen LogP contribution in [0.5, 0.6) is 0 Å². The number of amides is 1. The van der Waals surface area contributed by atoms with E-state index in [4.69, 9.17) is 4.74 Å². The van der Waals surface area contributed by atoms with Crippen LogP contribution in [0.4, 0.5) is 4.79 Å². The summed E-state index contributed by atoms with van der Waals surface area (Å²) in [7, 11) is 1.84. The molecule has 6 heteroatoms. The van der Waals surface area contributed by atoms with Gasteiger partial charge in [0.05, 0.1) is 5.69 Å². The fraction of sp³-hybridized carbons (Fsp3) is 0.750. The van der Waals surface area contributed by atoms with Crippen molar-refractivity contribution in [3.63, 3.8) is 0 Å². The number of carbonyl (C=O) groups excluding carboxylic acids is 1. The Morgan fingerprint density at radius 2 is 1.95 bits per heavy atom. The molecular weight excluding hydrogens is 282 g/mol. The fourth-order valence-corrected chi connectivity index (χ4v) is 3.71. The molecule has 0 aromatic carbocycles. The third-order valence-electron chi connectivity index (χ3n) is 4.56. The van der Waals surface area contributed by atoms with E-state index in [1.165, 1.54) is 0 Å². The van der Waals surface area contributed by atoms with Crippen LogP contribution in [0.2, 0.25) is 0 Å². The lowest BCUT2D eigenvalue weighted by Crippen LogP contribution is -2.53. The van der Waals surface area contributed by atoms with Gasteiger partial charge in [0, 0.05) is 38.2 Å². The van der Waals surface area contributed by atoms with E-state index in [2.05, 4.69) is 5.10 Å². The molecule has 1 N–H and O–H groups in total. The molecule has 6 nitrogen and oxygen atoms in total. The molecule has 0 saturated carbocycles. The first-order valence-electron chi connectivity index (χ1n) is 7.92. The molecule has 1 aromatic rings. The summed E-state index contributed by atoms with van der Waals surface area (Å²) in [6, 6.07) is 1.92. The third-order valence-corrected chi connectivity index (χ3v) is 4.56. The van der Waals surface area contributed by atoms with Gasteiger partial charge in [-0.3, -0.25) is 4.68 Å². The van der Waals surface area contributed by atoms with E-state index in [1.807, 2.05) is 45.0 Å². The molecule has 2 aliphatic rings. The second-order valence-corrected chi connectivity index (χ2v) is 7.59. The third kappa shape index (κ3) is 2.72. The molecule has 0 spiro atoms. The molecule has 1 aromatic heterocycles. The van der Waals surface area contributed by atoms with Gasteiger partial charge in [0.2, 0.25) is 0 Å². The van der Waals surface area contributed by atoms with Crippen LogP contribution in [0.25, 0.3) is 0 Å². The van der Waals surface area contributed by atoms with E-state index in [1.54, 1.807) is 4.68 Å². The number of hydrogen-bond donors (Lipinski definition) is 1. The average Bonchev–Trinajstić information content (AvgIpc) is 2.91. The molecule has 2 atom stereocenters. The lowest BCUT2D eigenvalue weighted by Gasteiger charge is -2.43. The number of piperidine rings is 1. The van der Waals surface area contributed by atoms with Crippen LogP contribution >= 0.6 is 0 Å². The van der Waals surface area contributed by atoms with Gasteiger partial charge in [0.25, 0.3) is 0 Å². The monoisotopic (exact) mass is 307 g/mol. The summed E-state index contributed by atoms with van der Waals surface area (Å²) >= 11 is 0. The van der Waals surface area contributed by atoms with E-state index in [0.29, 0.717) is 18.5 Å². The Kier molecular flexibility index (Phi) is 3.47. The molecule has 3 rings (SSSR count). The van der Waals surface area contributed by atoms with E-state index < -0.39 is 11.2 Å². The first kappa shape index (κ1) is 15.3. The minimum Gasteiger partial charge on any atom is -0.444 e. The van der Waals surface area contributed by atoms with E-state index in [-0.39, 0.29) is 18.2 Å². The van der Waals surface area contributed by atoms with Gasteiger partial charge in [-0.1, -0.05) is 0 Å². The smallest absolute Gasteiger partial charge is 0.410 e. The van der Waals surface area contributed by atoms with Gasteiger partial charge in [-0.25, -0.2) is 4.79 Å². The largest absolute Gasteiger partial charge is 0.444 e. The van der Waals surface area contributed by atoms with Gasteiger partial charge < -0.3 is 14.7 Å². The highest BCUT2D eigenvalue weighted by Gasteiger charge is 2.51. The van der Waals surface area contributed by atoms with Crippen LogP contribution in [0, 0.1) is 0 Å². The number of nitrogens with zero attached hydrogens (tertiary/aromatic N) is 3. The molecular formula is C16H25N3O3. The van der Waals surface area contributed by atoms with Crippen molar-refractivity contribution in [2.45, 2.75) is 69.7 Å². The van der Waals surface area contributed by atoms with E-state index in [0.717, 1.165) is 12.8 Å². The summed E-state index contributed by atoms with van der Waals surface area (Å²) in [4.78, 5) is 14.3. The molecule has 22 heavy (non-hydrogen) atoms. The van der Waals surface area contributed by atoms with Crippen molar-refractivity contribution < 1.29 is 14.6 Å². The summed E-state index contributed by atoms with van der Waals surface area (Å²) in [5, 5.41) is 15.4. The van der Waals surface area contributed by atoms with Crippen LogP contribution in [0.1, 0.15) is 52.1 Å². The Bertz CT molecular complexity index is 561. The average molecular weight is 307 g/mol. The zero-order valence-corrected chi connectivity index (χ0v) is 13.7. The van der Waals surface area contributed by atoms with Crippen molar-refractivity contribution in [3.05, 3.63) is 18.0 Å². The second kappa shape index (κ2) is 4.98. The second-order valence-electron chi connectivity index (χ2n) is 7.59. The number of rotatable bonds is 1. The quantitative estimate of drug-likeness (QED) is 0.863. The maximum Gasteiger partial charge on any atom is 0.410 e. The minimum absolute atomic E-state index is 0.0283. The maximum absolute atomic E-state index is 12.4. The van der Waals surface area contributed by atoms with Gasteiger partial charge in [0.15, 0.2) is 0 Å². The van der Waals surface area contributed by atoms with Crippen molar-refractivity contribution in [3.8, 4) is 0 Å². The van der Waals surface area contributed by atoms with Crippen molar-refractivity contribution >= 4 is 6.09 Å². The maximum atomic E-state index is 12.4. The van der Waals surface area contributed by atoms with Crippen LogP contribution in [-0.4, -0.2) is 43.6 Å². The molecule has 0 radical (unpaired) electrons. The number of aryl methyl sites for hydroxylation is 1. The number of aliphatic hydroxyl groups is 1. The van der Waals surface area contributed by atoms with Crippen molar-refractivity contribution in [1.82, 2.24) is 14.7 Å². The Morgan fingerprint density at radius 1 is 1.36 bits per heavy atom. The fourth-order valence-electron chi connectivity index (χ4n) is 3.71. The molecule has 1 amide bonds. The molecule has 2 fully saturated rings. The highest BCUT2D eigenvalue weighted by molar-refractivity contribution is 5.69. The normalized spacial score (nSPS) is 31.4. The van der Waals surface area contributed by atoms with E-state index in [9.17, 15) is 9.90 Å². The number of fused-ring (bicyclic) bond motifs is 2. The number of aromatic nitrogens is 2. The Morgan fingerprint density at radius 3 is 2.41 bits per heavy atom. The standard InChI is InChI=1S/C16H25N3O3/c1-15(2,3)22-14(20)19-11-5-6-12(19)10-16(21,9-11)13-7-8-18(4)17-13/h7-8,11-12,21H,5-6,9-10H2,1-4H3. The Balaban J connectivity index is 1.78. The first-order valence-corrected chi connectivity index (χ1v) is 7.92. The number of carbonyl (C=O) groups is 1. The Labute approximate surface area is 131 Å². The summed E-state index contributed by atoms with van der Waals surface area (Å²) in [6.07, 6.45) is 4.47. The highest BCUT2D eigenvalue weighted by atomic mass is 16.6. The van der Waals surface area contributed by atoms with Gasteiger partial charge in [0.1, 0.15) is 11.2 Å². The summed E-state index contributed by atoms with van der Waals surface area (Å²) in [5.41, 5.74) is -0.729. The minimum atomic E-state index is -0.939. The SMILES string of the molecule is Cn1ccc(C2(O)CC3CCC(C2)N3C(=O)OC(C)(C)C)n1. The predicted octanol–water partition coefficient (Wildman–Crippen LogP) is 2.17. The topological polar surface area (TPSA) is 67.6 Å². The molecule has 0 aliphatic carbocycles. The molecule has 2 aliphatic heterocycles. The highest BCUT2D eigenvalue weighted by Crippen LogP contribution is 2.45. The van der Waals surface area contributed by atoms with Crippen molar-refractivity contribution in [2.75, 3.05) is 0 Å². The van der Waals surface area contributed by atoms with Gasteiger partial charge >= 0.3 is 6.09 Å². The van der Waals surface area contributed by atoms with Crippen LogP contribution in [0.3, 0.4) is 0 Å². The summed E-state index contributed by atoms with van der Waals surface area (Å²) < 4.78 is 7.23. The van der Waals surface area contributed by atoms with Crippen LogP contribution in [0.15, 0.2) is 12.3 Å². The lowest BCUT2D eigenvalue weighted by molar-refractivity contribution is -0.0649. The lowest BCUT2D eigenvalue weighted by atomic mass is 9.84. The number of ether oxygens (including phenoxy) is 1. The zero-order valence-electron chi connectivity index (χ0n) is 13.7. The van der Waals surface area contributed by atoms with Crippen molar-refractivity contribution in [2.24, 2.45) is 7.05 Å². The molecule has 2 unspecified atom stereocenters. The zero-order chi connectivity index (χ0) is 16.1. The first-order chi connectivity index (χ1) is 10.2. The van der Waals surface area contributed by atoms with Crippen LogP contribution < -0.4 is 0 Å². The number of hydrogen-bond acceptors (Lipinski definition) is 4. The Hall–Kier alpha value is -1.56. The predicted molar refractivity (Wildman–Crippen MR) is 81.2 cm³/mol. The van der Waals surface area contributed by atoms with Crippen LogP contribution in [-0.2, 0) is 17.4 Å². The van der Waals surface area contributed by atoms with Gasteiger partial charge in [-0.05, 0) is 39.7 Å². The van der Waals surface area contributed by atoms with E-state index >= 15 is 0 Å². The summed E-state index contributed by atoms with van der Waals surface area (Å²) in [6.45, 7) is 5.63.